The molecule has 0 saturated carbocycles. The molecule has 3 heterocycles. The average molecular weight is 323 g/mol. The molecular formula is C15H21N3O3S. The van der Waals surface area contributed by atoms with E-state index in [0.29, 0.717) is 17.8 Å². The van der Waals surface area contributed by atoms with Crippen LogP contribution in [0.25, 0.3) is 0 Å². The highest BCUT2D eigenvalue weighted by molar-refractivity contribution is 7.11. The number of carbonyl (C=O) groups excluding carboxylic acids is 2. The molecule has 2 N–H and O–H groups in total. The minimum Gasteiger partial charge on any atom is -0.389 e. The third-order valence-electron chi connectivity index (χ3n) is 4.29. The molecule has 6 nitrogen and oxygen atoms in total. The van der Waals surface area contributed by atoms with Gasteiger partial charge in [0.1, 0.15) is 5.69 Å². The van der Waals surface area contributed by atoms with E-state index in [1.807, 2.05) is 4.90 Å². The molecule has 2 aliphatic rings. The lowest BCUT2D eigenvalue weighted by atomic mass is 10.0. The first kappa shape index (κ1) is 15.4. The van der Waals surface area contributed by atoms with Crippen LogP contribution in [0.5, 0.6) is 0 Å². The zero-order valence-corrected chi connectivity index (χ0v) is 13.7. The third-order valence-corrected chi connectivity index (χ3v) is 5.13. The van der Waals surface area contributed by atoms with Crippen LogP contribution >= 0.6 is 11.3 Å². The number of hydrogen-bond acceptors (Lipinski definition) is 5. The molecule has 22 heavy (non-hydrogen) atoms. The second-order valence-electron chi connectivity index (χ2n) is 6.71. The number of rotatable bonds is 4. The lowest BCUT2D eigenvalue weighted by Crippen LogP contribution is -2.38. The van der Waals surface area contributed by atoms with E-state index in [4.69, 9.17) is 0 Å². The van der Waals surface area contributed by atoms with Crippen LogP contribution in [0, 0.1) is 0 Å². The van der Waals surface area contributed by atoms with Crippen molar-refractivity contribution in [2.75, 3.05) is 6.54 Å². The molecule has 0 atom stereocenters. The molecule has 2 saturated heterocycles. The molecule has 2 fully saturated rings. The summed E-state index contributed by atoms with van der Waals surface area (Å²) in [7, 11) is 0. The summed E-state index contributed by atoms with van der Waals surface area (Å²) < 4.78 is 0. The van der Waals surface area contributed by atoms with Crippen LogP contribution in [-0.2, 0) is 0 Å². The Labute approximate surface area is 133 Å². The van der Waals surface area contributed by atoms with E-state index in [9.17, 15) is 14.7 Å². The monoisotopic (exact) mass is 323 g/mol. The number of thiazole rings is 1. The fourth-order valence-electron chi connectivity index (χ4n) is 3.23. The van der Waals surface area contributed by atoms with Crippen LogP contribution in [0.15, 0.2) is 5.38 Å². The normalized spacial score (nSPS) is 23.9. The van der Waals surface area contributed by atoms with E-state index in [1.165, 1.54) is 11.3 Å². The Balaban J connectivity index is 1.66. The molecule has 0 aliphatic carbocycles. The maximum absolute atomic E-state index is 12.6. The molecule has 120 valence electrons. The highest BCUT2D eigenvalue weighted by Crippen LogP contribution is 2.38. The van der Waals surface area contributed by atoms with Crippen molar-refractivity contribution < 1.29 is 14.7 Å². The van der Waals surface area contributed by atoms with Gasteiger partial charge in [0.05, 0.1) is 5.60 Å². The van der Waals surface area contributed by atoms with E-state index in [2.05, 4.69) is 10.3 Å². The third kappa shape index (κ3) is 3.01. The van der Waals surface area contributed by atoms with Crippen molar-refractivity contribution in [2.24, 2.45) is 0 Å². The molecule has 2 amide bonds. The lowest BCUT2D eigenvalue weighted by molar-refractivity contribution is 0.0692. The Morgan fingerprint density at radius 3 is 2.50 bits per heavy atom. The molecule has 2 bridgehead atoms. The lowest BCUT2D eigenvalue weighted by Gasteiger charge is -2.20. The maximum Gasteiger partial charge on any atom is 0.280 e. The number of nitrogens with one attached hydrogen (secondary N) is 1. The van der Waals surface area contributed by atoms with Gasteiger partial charge in [-0.2, -0.15) is 0 Å². The van der Waals surface area contributed by atoms with E-state index >= 15 is 0 Å². The van der Waals surface area contributed by atoms with Gasteiger partial charge < -0.3 is 15.3 Å². The molecule has 0 radical (unpaired) electrons. The molecule has 0 unspecified atom stereocenters. The Bertz CT molecular complexity index is 573. The summed E-state index contributed by atoms with van der Waals surface area (Å²) in [5.74, 6) is -0.404. The van der Waals surface area contributed by atoms with Crippen LogP contribution in [0.2, 0.25) is 0 Å². The minimum absolute atomic E-state index is 0.0530. The number of carbonyl (C=O) groups is 2. The fraction of sp³-hybridized carbons (Fsp3) is 0.667. The Morgan fingerprint density at radius 2 is 1.95 bits per heavy atom. The van der Waals surface area contributed by atoms with Gasteiger partial charge in [0.15, 0.2) is 5.01 Å². The molecule has 3 rings (SSSR count). The highest BCUT2D eigenvalue weighted by atomic mass is 32.1. The topological polar surface area (TPSA) is 82.5 Å². The van der Waals surface area contributed by atoms with Gasteiger partial charge in [0.2, 0.25) is 0 Å². The molecule has 7 heteroatoms. The highest BCUT2D eigenvalue weighted by Gasteiger charge is 2.43. The first-order valence-electron chi connectivity index (χ1n) is 7.64. The number of hydrogen-bond donors (Lipinski definition) is 2. The van der Waals surface area contributed by atoms with Gasteiger partial charge in [-0.25, -0.2) is 4.98 Å². The average Bonchev–Trinajstić information content (AvgIpc) is 3.18. The van der Waals surface area contributed by atoms with Crippen molar-refractivity contribution in [3.05, 3.63) is 16.1 Å². The second kappa shape index (κ2) is 5.62. The summed E-state index contributed by atoms with van der Waals surface area (Å²) in [6, 6.07) is 0.707. The SMILES string of the molecule is CC(C)(O)CNC(=O)c1nc(C(=O)N2C3CCC2CC3)cs1. The molecule has 1 aromatic heterocycles. The van der Waals surface area contributed by atoms with Gasteiger partial charge >= 0.3 is 0 Å². The van der Waals surface area contributed by atoms with Crippen LogP contribution in [0.3, 0.4) is 0 Å². The van der Waals surface area contributed by atoms with Gasteiger partial charge in [0, 0.05) is 24.0 Å². The maximum atomic E-state index is 12.6. The Hall–Kier alpha value is -1.47. The Kier molecular flexibility index (Phi) is 3.94. The van der Waals surface area contributed by atoms with Crippen LogP contribution in [0.1, 0.15) is 59.8 Å². The zero-order chi connectivity index (χ0) is 15.9. The summed E-state index contributed by atoms with van der Waals surface area (Å²) in [5, 5.41) is 14.2. The number of amides is 2. The number of aromatic nitrogens is 1. The first-order valence-corrected chi connectivity index (χ1v) is 8.52. The van der Waals surface area contributed by atoms with Gasteiger partial charge in [-0.15, -0.1) is 11.3 Å². The van der Waals surface area contributed by atoms with Crippen LogP contribution in [-0.4, -0.2) is 51.0 Å². The van der Waals surface area contributed by atoms with Crippen molar-refractivity contribution in [3.8, 4) is 0 Å². The van der Waals surface area contributed by atoms with E-state index in [0.717, 1.165) is 25.7 Å². The van der Waals surface area contributed by atoms with Gasteiger partial charge in [-0.3, -0.25) is 9.59 Å². The molecular weight excluding hydrogens is 302 g/mol. The number of aliphatic hydroxyl groups is 1. The molecule has 0 spiro atoms. The van der Waals surface area contributed by atoms with Crippen molar-refractivity contribution in [1.29, 1.82) is 0 Å². The van der Waals surface area contributed by atoms with Crippen molar-refractivity contribution in [3.63, 3.8) is 0 Å². The summed E-state index contributed by atoms with van der Waals surface area (Å²) in [6.45, 7) is 3.38. The fourth-order valence-corrected chi connectivity index (χ4v) is 3.93. The van der Waals surface area contributed by atoms with Crippen molar-refractivity contribution in [2.45, 2.75) is 57.2 Å². The zero-order valence-electron chi connectivity index (χ0n) is 12.8. The summed E-state index contributed by atoms with van der Waals surface area (Å²) >= 11 is 1.17. The van der Waals surface area contributed by atoms with E-state index < -0.39 is 5.60 Å². The quantitative estimate of drug-likeness (QED) is 0.878. The number of fused-ring (bicyclic) bond motifs is 2. The summed E-state index contributed by atoms with van der Waals surface area (Å²) in [6.07, 6.45) is 4.33. The van der Waals surface area contributed by atoms with Gasteiger partial charge in [0.25, 0.3) is 11.8 Å². The van der Waals surface area contributed by atoms with Gasteiger partial charge in [-0.1, -0.05) is 0 Å². The minimum atomic E-state index is -0.972. The van der Waals surface area contributed by atoms with Crippen molar-refractivity contribution in [1.82, 2.24) is 15.2 Å². The van der Waals surface area contributed by atoms with Gasteiger partial charge in [-0.05, 0) is 39.5 Å². The summed E-state index contributed by atoms with van der Waals surface area (Å²) in [5.41, 5.74) is -0.613. The molecule has 2 aliphatic heterocycles. The Morgan fingerprint density at radius 1 is 1.36 bits per heavy atom. The largest absolute Gasteiger partial charge is 0.389 e. The standard InChI is InChI=1S/C15H21N3O3S/c1-15(2,21)8-16-12(19)13-17-11(7-22-13)14(20)18-9-3-4-10(18)6-5-9/h7,9-10,21H,3-6,8H2,1-2H3,(H,16,19). The second-order valence-corrected chi connectivity index (χ2v) is 7.57. The smallest absolute Gasteiger partial charge is 0.280 e. The number of nitrogens with zero attached hydrogens (tertiary/aromatic N) is 2. The first-order chi connectivity index (χ1) is 10.3. The van der Waals surface area contributed by atoms with Crippen LogP contribution < -0.4 is 5.32 Å². The van der Waals surface area contributed by atoms with Crippen molar-refractivity contribution >= 4 is 23.2 Å². The molecule has 1 aromatic rings. The summed E-state index contributed by atoms with van der Waals surface area (Å²) in [4.78, 5) is 30.7. The molecule has 0 aromatic carbocycles. The van der Waals surface area contributed by atoms with E-state index in [1.54, 1.807) is 19.2 Å². The van der Waals surface area contributed by atoms with E-state index in [-0.39, 0.29) is 23.4 Å². The predicted molar refractivity (Wildman–Crippen MR) is 83.0 cm³/mol. The van der Waals surface area contributed by atoms with Crippen LogP contribution in [0.4, 0.5) is 0 Å². The predicted octanol–water partition coefficient (Wildman–Crippen LogP) is 1.41.